The Morgan fingerprint density at radius 2 is 1.58 bits per heavy atom. The number of hydrogen-bond donors (Lipinski definition) is 0. The van der Waals surface area contributed by atoms with E-state index in [9.17, 15) is 14.5 Å². The first-order valence-electron chi connectivity index (χ1n) is 4.99. The molecule has 0 radical (unpaired) electrons. The average molecular weight is 321 g/mol. The largest absolute Gasteiger partial charge is 0.277 e. The molecule has 2 aromatic rings. The van der Waals surface area contributed by atoms with Crippen molar-refractivity contribution < 1.29 is 9.31 Å². The lowest BCUT2D eigenvalue weighted by Crippen LogP contribution is -1.93. The summed E-state index contributed by atoms with van der Waals surface area (Å²) < 4.78 is 13.3. The van der Waals surface area contributed by atoms with E-state index in [1.165, 1.54) is 12.1 Å². The number of rotatable bonds is 2. The molecule has 3 nitrogen and oxygen atoms in total. The Kier molecular flexibility index (Phi) is 3.94. The van der Waals surface area contributed by atoms with Crippen LogP contribution in [-0.2, 0) is 0 Å². The fourth-order valence-electron chi connectivity index (χ4n) is 1.61. The minimum absolute atomic E-state index is 0.0496. The van der Waals surface area contributed by atoms with E-state index >= 15 is 0 Å². The van der Waals surface area contributed by atoms with E-state index in [4.69, 9.17) is 34.8 Å². The zero-order valence-electron chi connectivity index (χ0n) is 9.16. The number of benzene rings is 2. The maximum Gasteiger partial charge on any atom is 0.277 e. The number of nitro groups is 1. The third-order valence-corrected chi connectivity index (χ3v) is 3.49. The zero-order valence-corrected chi connectivity index (χ0v) is 11.4. The van der Waals surface area contributed by atoms with Crippen molar-refractivity contribution in [3.05, 3.63) is 61.3 Å². The molecule has 0 unspecified atom stereocenters. The SMILES string of the molecule is O=[N+]([O-])c1ccc(F)cc1-c1cc(Cl)c(Cl)cc1Cl. The van der Waals surface area contributed by atoms with Gasteiger partial charge in [0.25, 0.3) is 5.69 Å². The van der Waals surface area contributed by atoms with E-state index < -0.39 is 10.7 Å². The molecule has 2 aromatic carbocycles. The van der Waals surface area contributed by atoms with Crippen LogP contribution < -0.4 is 0 Å². The molecule has 2 rings (SSSR count). The van der Waals surface area contributed by atoms with Gasteiger partial charge in [0.1, 0.15) is 5.82 Å². The van der Waals surface area contributed by atoms with Crippen LogP contribution in [0.3, 0.4) is 0 Å². The van der Waals surface area contributed by atoms with Crippen LogP contribution in [0.2, 0.25) is 15.1 Å². The van der Waals surface area contributed by atoms with E-state index in [1.807, 2.05) is 0 Å². The third kappa shape index (κ3) is 2.81. The van der Waals surface area contributed by atoms with E-state index in [2.05, 4.69) is 0 Å². The molecule has 19 heavy (non-hydrogen) atoms. The van der Waals surface area contributed by atoms with Crippen LogP contribution in [0.25, 0.3) is 11.1 Å². The van der Waals surface area contributed by atoms with E-state index in [0.29, 0.717) is 0 Å². The highest BCUT2D eigenvalue weighted by atomic mass is 35.5. The lowest BCUT2D eigenvalue weighted by atomic mass is 10.0. The average Bonchev–Trinajstić information content (AvgIpc) is 2.33. The predicted molar refractivity (Wildman–Crippen MR) is 73.5 cm³/mol. The second kappa shape index (κ2) is 5.33. The third-order valence-electron chi connectivity index (χ3n) is 2.46. The first kappa shape index (κ1) is 14.1. The lowest BCUT2D eigenvalue weighted by molar-refractivity contribution is -0.384. The van der Waals surface area contributed by atoms with Gasteiger partial charge in [-0.3, -0.25) is 10.1 Å². The molecule has 0 aliphatic rings. The van der Waals surface area contributed by atoms with Gasteiger partial charge in [-0.15, -0.1) is 0 Å². The second-order valence-electron chi connectivity index (χ2n) is 3.66. The van der Waals surface area contributed by atoms with Crippen LogP contribution in [0.5, 0.6) is 0 Å². The smallest absolute Gasteiger partial charge is 0.258 e. The summed E-state index contributed by atoms with van der Waals surface area (Å²) in [6.45, 7) is 0. The Morgan fingerprint density at radius 3 is 2.21 bits per heavy atom. The summed E-state index contributed by atoms with van der Waals surface area (Å²) in [5.74, 6) is -0.609. The molecule has 0 N–H and O–H groups in total. The molecule has 0 amide bonds. The fourth-order valence-corrected chi connectivity index (χ4v) is 2.26. The molecular formula is C12H5Cl3FNO2. The number of nitrogens with zero attached hydrogens (tertiary/aromatic N) is 1. The fraction of sp³-hybridized carbons (Fsp3) is 0. The highest BCUT2D eigenvalue weighted by Gasteiger charge is 2.19. The van der Waals surface area contributed by atoms with Gasteiger partial charge in [0.05, 0.1) is 25.6 Å². The van der Waals surface area contributed by atoms with Crippen molar-refractivity contribution in [2.24, 2.45) is 0 Å². The summed E-state index contributed by atoms with van der Waals surface area (Å²) in [5, 5.41) is 11.5. The van der Waals surface area contributed by atoms with Crippen molar-refractivity contribution in [2.75, 3.05) is 0 Å². The quantitative estimate of drug-likeness (QED) is 0.424. The van der Waals surface area contributed by atoms with Crippen molar-refractivity contribution >= 4 is 40.5 Å². The Balaban J connectivity index is 2.74. The maximum absolute atomic E-state index is 13.3. The monoisotopic (exact) mass is 319 g/mol. The van der Waals surface area contributed by atoms with Gasteiger partial charge in [-0.1, -0.05) is 34.8 Å². The molecule has 0 aliphatic heterocycles. The van der Waals surface area contributed by atoms with Gasteiger partial charge >= 0.3 is 0 Å². The topological polar surface area (TPSA) is 43.1 Å². The Morgan fingerprint density at radius 1 is 0.947 bits per heavy atom. The minimum atomic E-state index is -0.617. The summed E-state index contributed by atoms with van der Waals surface area (Å²) in [6.07, 6.45) is 0. The molecule has 0 heterocycles. The maximum atomic E-state index is 13.3. The summed E-state index contributed by atoms with van der Waals surface area (Å²) >= 11 is 17.6. The van der Waals surface area contributed by atoms with Crippen LogP contribution in [0.4, 0.5) is 10.1 Å². The number of hydrogen-bond acceptors (Lipinski definition) is 2. The molecule has 0 saturated heterocycles. The summed E-state index contributed by atoms with van der Waals surface area (Å²) in [6, 6.07) is 5.84. The lowest BCUT2D eigenvalue weighted by Gasteiger charge is -2.07. The van der Waals surface area contributed by atoms with Crippen LogP contribution in [0, 0.1) is 15.9 Å². The molecule has 0 spiro atoms. The van der Waals surface area contributed by atoms with Crippen molar-refractivity contribution in [1.82, 2.24) is 0 Å². The standard InChI is InChI=1S/C12H5Cl3FNO2/c13-9-5-11(15)10(14)4-7(9)8-3-6(16)1-2-12(8)17(18)19/h1-5H. The van der Waals surface area contributed by atoms with Crippen LogP contribution in [0.1, 0.15) is 0 Å². The van der Waals surface area contributed by atoms with Crippen molar-refractivity contribution in [1.29, 1.82) is 0 Å². The van der Waals surface area contributed by atoms with E-state index in [-0.39, 0.29) is 31.9 Å². The van der Waals surface area contributed by atoms with Crippen molar-refractivity contribution in [3.8, 4) is 11.1 Å². The normalized spacial score (nSPS) is 10.5. The van der Waals surface area contributed by atoms with E-state index in [0.717, 1.165) is 18.2 Å². The van der Waals surface area contributed by atoms with Gasteiger partial charge in [0.2, 0.25) is 0 Å². The van der Waals surface area contributed by atoms with Gasteiger partial charge in [-0.25, -0.2) is 4.39 Å². The highest BCUT2D eigenvalue weighted by molar-refractivity contribution is 6.44. The molecule has 0 bridgehead atoms. The van der Waals surface area contributed by atoms with Gasteiger partial charge < -0.3 is 0 Å². The van der Waals surface area contributed by atoms with Gasteiger partial charge in [0.15, 0.2) is 0 Å². The first-order chi connectivity index (χ1) is 8.90. The molecule has 0 atom stereocenters. The van der Waals surface area contributed by atoms with Crippen molar-refractivity contribution in [2.45, 2.75) is 0 Å². The van der Waals surface area contributed by atoms with Gasteiger partial charge in [0, 0.05) is 11.6 Å². The molecule has 98 valence electrons. The zero-order chi connectivity index (χ0) is 14.2. The molecule has 0 aliphatic carbocycles. The predicted octanol–water partition coefficient (Wildman–Crippen LogP) is 5.36. The molecule has 0 fully saturated rings. The summed E-state index contributed by atoms with van der Waals surface area (Å²) in [5.41, 5.74) is 0.0394. The van der Waals surface area contributed by atoms with Crippen LogP contribution >= 0.6 is 34.8 Å². The van der Waals surface area contributed by atoms with Crippen molar-refractivity contribution in [3.63, 3.8) is 0 Å². The second-order valence-corrected chi connectivity index (χ2v) is 4.89. The van der Waals surface area contributed by atoms with Crippen LogP contribution in [-0.4, -0.2) is 4.92 Å². The Hall–Kier alpha value is -1.36. The Labute approximate surface area is 122 Å². The Bertz CT molecular complexity index is 676. The molecule has 7 heteroatoms. The van der Waals surface area contributed by atoms with Crippen LogP contribution in [0.15, 0.2) is 30.3 Å². The first-order valence-corrected chi connectivity index (χ1v) is 6.12. The summed E-state index contributed by atoms with van der Waals surface area (Å²) in [4.78, 5) is 10.3. The summed E-state index contributed by atoms with van der Waals surface area (Å²) in [7, 11) is 0. The molecule has 0 saturated carbocycles. The van der Waals surface area contributed by atoms with E-state index in [1.54, 1.807) is 0 Å². The minimum Gasteiger partial charge on any atom is -0.258 e. The molecular weight excluding hydrogens is 315 g/mol. The number of halogens is 4. The highest BCUT2D eigenvalue weighted by Crippen LogP contribution is 2.39. The van der Waals surface area contributed by atoms with Gasteiger partial charge in [-0.2, -0.15) is 0 Å². The molecule has 0 aromatic heterocycles. The number of nitro benzene ring substituents is 1. The van der Waals surface area contributed by atoms with Gasteiger partial charge in [-0.05, 0) is 24.3 Å².